The van der Waals surface area contributed by atoms with E-state index in [4.69, 9.17) is 4.74 Å². The van der Waals surface area contributed by atoms with Crippen LogP contribution in [0.25, 0.3) is 0 Å². The first-order valence-electron chi connectivity index (χ1n) is 4.80. The van der Waals surface area contributed by atoms with E-state index in [2.05, 4.69) is 37.4 Å². The Morgan fingerprint density at radius 2 is 1.85 bits per heavy atom. The second kappa shape index (κ2) is 8.48. The second-order valence-electron chi connectivity index (χ2n) is 3.64. The van der Waals surface area contributed by atoms with Crippen LogP contribution >= 0.6 is 0 Å². The van der Waals surface area contributed by atoms with Gasteiger partial charge < -0.3 is 14.5 Å². The van der Waals surface area contributed by atoms with Crippen LogP contribution in [0.15, 0.2) is 0 Å². The lowest BCUT2D eigenvalue weighted by Crippen LogP contribution is -2.25. The fourth-order valence-electron chi connectivity index (χ4n) is 1.02. The molecule has 79 valence electrons. The fraction of sp³-hybridized carbons (Fsp3) is 0.900. The third-order valence-corrected chi connectivity index (χ3v) is 1.89. The lowest BCUT2D eigenvalue weighted by molar-refractivity contribution is 0.161. The minimum Gasteiger partial charge on any atom is -0.383 e. The van der Waals surface area contributed by atoms with Crippen LogP contribution in [0.2, 0.25) is 0 Å². The lowest BCUT2D eigenvalue weighted by Gasteiger charge is -2.16. The molecule has 0 aliphatic heterocycles. The number of rotatable bonds is 8. The average Bonchev–Trinajstić information content (AvgIpc) is 2.08. The topological polar surface area (TPSA) is 15.7 Å². The standard InChI is InChI=1S/C10H23N2O/c1-11(2)7-5-6-8-12(3)9-10-13-4/h5H,6-10H2,1-4H3. The summed E-state index contributed by atoms with van der Waals surface area (Å²) in [6.45, 7) is 4.03. The van der Waals surface area contributed by atoms with Crippen LogP contribution in [0.4, 0.5) is 0 Å². The number of unbranched alkanes of at least 4 members (excludes halogenated alkanes) is 1. The van der Waals surface area contributed by atoms with Crippen molar-refractivity contribution in [3.05, 3.63) is 6.42 Å². The maximum absolute atomic E-state index is 5.00. The number of hydrogen-bond acceptors (Lipinski definition) is 3. The summed E-state index contributed by atoms with van der Waals surface area (Å²) in [5.74, 6) is 0. The van der Waals surface area contributed by atoms with E-state index in [0.717, 1.165) is 32.7 Å². The van der Waals surface area contributed by atoms with Crippen LogP contribution in [0.5, 0.6) is 0 Å². The molecule has 0 aromatic rings. The van der Waals surface area contributed by atoms with Crippen molar-refractivity contribution in [2.75, 3.05) is 54.5 Å². The highest BCUT2D eigenvalue weighted by atomic mass is 16.5. The molecule has 3 nitrogen and oxygen atoms in total. The van der Waals surface area contributed by atoms with E-state index >= 15 is 0 Å². The Labute approximate surface area is 82.7 Å². The molecule has 0 fully saturated rings. The van der Waals surface area contributed by atoms with Gasteiger partial charge in [0.25, 0.3) is 0 Å². The summed E-state index contributed by atoms with van der Waals surface area (Å²) in [5, 5.41) is 0. The molecule has 3 heteroatoms. The van der Waals surface area contributed by atoms with E-state index in [1.165, 1.54) is 0 Å². The van der Waals surface area contributed by atoms with Crippen LogP contribution in [-0.4, -0.2) is 64.3 Å². The molecular weight excluding hydrogens is 164 g/mol. The van der Waals surface area contributed by atoms with Gasteiger partial charge in [-0.15, -0.1) is 0 Å². The first kappa shape index (κ1) is 12.9. The molecule has 1 radical (unpaired) electrons. The van der Waals surface area contributed by atoms with Gasteiger partial charge in [0.05, 0.1) is 6.61 Å². The average molecular weight is 187 g/mol. The van der Waals surface area contributed by atoms with E-state index in [-0.39, 0.29) is 0 Å². The first-order chi connectivity index (χ1) is 6.16. The SMILES string of the molecule is COCCN(C)CC[CH]CN(C)C. The number of hydrogen-bond donors (Lipinski definition) is 0. The predicted octanol–water partition coefficient (Wildman–Crippen LogP) is 0.721. The lowest BCUT2D eigenvalue weighted by atomic mass is 10.3. The summed E-state index contributed by atoms with van der Waals surface area (Å²) < 4.78 is 5.00. The molecule has 0 rings (SSSR count). The molecule has 0 aliphatic rings. The molecule has 0 spiro atoms. The number of methoxy groups -OCH3 is 1. The van der Waals surface area contributed by atoms with Gasteiger partial charge in [0, 0.05) is 20.2 Å². The maximum Gasteiger partial charge on any atom is 0.0589 e. The zero-order valence-electron chi connectivity index (χ0n) is 9.42. The molecule has 0 atom stereocenters. The third kappa shape index (κ3) is 9.80. The minimum absolute atomic E-state index is 0.824. The van der Waals surface area contributed by atoms with Crippen molar-refractivity contribution in [2.45, 2.75) is 6.42 Å². The van der Waals surface area contributed by atoms with E-state index in [9.17, 15) is 0 Å². The van der Waals surface area contributed by atoms with Crippen molar-refractivity contribution >= 4 is 0 Å². The molecular formula is C10H23N2O. The van der Waals surface area contributed by atoms with Crippen LogP contribution < -0.4 is 0 Å². The first-order valence-corrected chi connectivity index (χ1v) is 4.80. The van der Waals surface area contributed by atoms with Gasteiger partial charge in [0.2, 0.25) is 0 Å². The Morgan fingerprint density at radius 3 is 2.38 bits per heavy atom. The summed E-state index contributed by atoms with van der Waals surface area (Å²) in [5.41, 5.74) is 0. The van der Waals surface area contributed by atoms with Crippen molar-refractivity contribution in [1.82, 2.24) is 9.80 Å². The molecule has 0 aromatic heterocycles. The summed E-state index contributed by atoms with van der Waals surface area (Å²) >= 11 is 0. The highest BCUT2D eigenvalue weighted by molar-refractivity contribution is 4.69. The molecule has 0 aliphatic carbocycles. The van der Waals surface area contributed by atoms with Gasteiger partial charge in [-0.2, -0.15) is 0 Å². The van der Waals surface area contributed by atoms with Crippen LogP contribution in [0, 0.1) is 6.42 Å². The molecule has 0 aromatic carbocycles. The Kier molecular flexibility index (Phi) is 8.40. The predicted molar refractivity (Wildman–Crippen MR) is 56.8 cm³/mol. The van der Waals surface area contributed by atoms with Crippen molar-refractivity contribution in [1.29, 1.82) is 0 Å². The molecule has 0 saturated heterocycles. The van der Waals surface area contributed by atoms with Gasteiger partial charge in [0.1, 0.15) is 0 Å². The van der Waals surface area contributed by atoms with Crippen molar-refractivity contribution in [3.63, 3.8) is 0 Å². The smallest absolute Gasteiger partial charge is 0.0589 e. The maximum atomic E-state index is 5.00. The van der Waals surface area contributed by atoms with E-state index in [1.807, 2.05) is 0 Å². The van der Waals surface area contributed by atoms with Crippen LogP contribution in [0.1, 0.15) is 6.42 Å². The molecule has 13 heavy (non-hydrogen) atoms. The Bertz CT molecular complexity index is 107. The van der Waals surface area contributed by atoms with Gasteiger partial charge in [0.15, 0.2) is 0 Å². The van der Waals surface area contributed by atoms with Crippen LogP contribution in [-0.2, 0) is 4.74 Å². The summed E-state index contributed by atoms with van der Waals surface area (Å²) in [6, 6.07) is 0. The highest BCUT2D eigenvalue weighted by Crippen LogP contribution is 1.92. The second-order valence-corrected chi connectivity index (χ2v) is 3.64. The third-order valence-electron chi connectivity index (χ3n) is 1.89. The van der Waals surface area contributed by atoms with Crippen molar-refractivity contribution in [2.24, 2.45) is 0 Å². The number of likely N-dealkylation sites (N-methyl/N-ethyl adjacent to an activating group) is 1. The summed E-state index contributed by atoms with van der Waals surface area (Å²) in [6.07, 6.45) is 3.46. The number of nitrogens with zero attached hydrogens (tertiary/aromatic N) is 2. The van der Waals surface area contributed by atoms with Gasteiger partial charge in [-0.05, 0) is 40.5 Å². The zero-order valence-corrected chi connectivity index (χ0v) is 9.42. The van der Waals surface area contributed by atoms with Crippen molar-refractivity contribution in [3.8, 4) is 0 Å². The molecule has 0 unspecified atom stereocenters. The normalized spacial score (nSPS) is 11.5. The monoisotopic (exact) mass is 187 g/mol. The fourth-order valence-corrected chi connectivity index (χ4v) is 1.02. The molecule has 0 bridgehead atoms. The minimum atomic E-state index is 0.824. The molecule has 0 heterocycles. The highest BCUT2D eigenvalue weighted by Gasteiger charge is 1.97. The quantitative estimate of drug-likeness (QED) is 0.521. The van der Waals surface area contributed by atoms with Gasteiger partial charge in [-0.3, -0.25) is 0 Å². The number of ether oxygens (including phenoxy) is 1. The van der Waals surface area contributed by atoms with Crippen LogP contribution in [0.3, 0.4) is 0 Å². The Morgan fingerprint density at radius 1 is 1.15 bits per heavy atom. The van der Waals surface area contributed by atoms with Crippen molar-refractivity contribution < 1.29 is 4.74 Å². The van der Waals surface area contributed by atoms with Gasteiger partial charge in [-0.1, -0.05) is 0 Å². The van der Waals surface area contributed by atoms with E-state index in [1.54, 1.807) is 7.11 Å². The van der Waals surface area contributed by atoms with Gasteiger partial charge in [-0.25, -0.2) is 0 Å². The largest absolute Gasteiger partial charge is 0.383 e. The molecule has 0 N–H and O–H groups in total. The van der Waals surface area contributed by atoms with Gasteiger partial charge >= 0.3 is 0 Å². The Balaban J connectivity index is 3.12. The van der Waals surface area contributed by atoms with E-state index < -0.39 is 0 Å². The summed E-state index contributed by atoms with van der Waals surface area (Å²) in [4.78, 5) is 4.46. The summed E-state index contributed by atoms with van der Waals surface area (Å²) in [7, 11) is 8.05. The molecule has 0 amide bonds. The zero-order chi connectivity index (χ0) is 10.1. The molecule has 0 saturated carbocycles. The van der Waals surface area contributed by atoms with E-state index in [0.29, 0.717) is 0 Å². The Hall–Kier alpha value is -0.120.